The maximum absolute atomic E-state index is 12.5. The Balaban J connectivity index is 1.44. The molecule has 0 bridgehead atoms. The van der Waals surface area contributed by atoms with Gasteiger partial charge in [0.2, 0.25) is 5.91 Å². The number of ether oxygens (including phenoxy) is 2. The molecule has 0 unspecified atom stereocenters. The molecule has 3 aliphatic rings. The zero-order valence-corrected chi connectivity index (χ0v) is 13.9. The van der Waals surface area contributed by atoms with Gasteiger partial charge in [0.1, 0.15) is 0 Å². The van der Waals surface area contributed by atoms with Crippen molar-refractivity contribution in [3.05, 3.63) is 35.2 Å². The molecule has 0 radical (unpaired) electrons. The Morgan fingerprint density at radius 2 is 1.92 bits per heavy atom. The SMILES string of the molecule is O=C1Nc2ccccc2S/C1=C/C(=O)N1CCC2(CC1)OCCO2. The zero-order chi connectivity index (χ0) is 16.6. The minimum atomic E-state index is -0.500. The van der Waals surface area contributed by atoms with Crippen molar-refractivity contribution in [2.75, 3.05) is 31.6 Å². The van der Waals surface area contributed by atoms with Gasteiger partial charge in [-0.2, -0.15) is 0 Å². The number of piperidine rings is 1. The predicted molar refractivity (Wildman–Crippen MR) is 89.5 cm³/mol. The number of anilines is 1. The lowest BCUT2D eigenvalue weighted by Gasteiger charge is -2.37. The van der Waals surface area contributed by atoms with Gasteiger partial charge in [-0.3, -0.25) is 9.59 Å². The summed E-state index contributed by atoms with van der Waals surface area (Å²) in [7, 11) is 0. The van der Waals surface area contributed by atoms with Gasteiger partial charge in [-0.1, -0.05) is 23.9 Å². The van der Waals surface area contributed by atoms with Crippen LogP contribution in [0.4, 0.5) is 5.69 Å². The Kier molecular flexibility index (Phi) is 4.07. The molecule has 1 spiro atoms. The van der Waals surface area contributed by atoms with Crippen LogP contribution in [0.15, 0.2) is 40.1 Å². The number of hydrogen-bond acceptors (Lipinski definition) is 5. The van der Waals surface area contributed by atoms with Crippen LogP contribution in [0.1, 0.15) is 12.8 Å². The molecule has 1 aromatic carbocycles. The summed E-state index contributed by atoms with van der Waals surface area (Å²) in [5.74, 6) is -0.873. The number of fused-ring (bicyclic) bond motifs is 1. The fourth-order valence-electron chi connectivity index (χ4n) is 3.16. The number of nitrogens with zero attached hydrogens (tertiary/aromatic N) is 1. The summed E-state index contributed by atoms with van der Waals surface area (Å²) in [4.78, 5) is 27.8. The molecule has 4 rings (SSSR count). The normalized spacial score (nSPS) is 24.1. The van der Waals surface area contributed by atoms with E-state index in [-0.39, 0.29) is 11.8 Å². The van der Waals surface area contributed by atoms with Crippen LogP contribution in [0.5, 0.6) is 0 Å². The van der Waals surface area contributed by atoms with E-state index in [2.05, 4.69) is 5.32 Å². The van der Waals surface area contributed by atoms with E-state index in [1.165, 1.54) is 17.8 Å². The topological polar surface area (TPSA) is 67.9 Å². The van der Waals surface area contributed by atoms with Gasteiger partial charge in [-0.05, 0) is 12.1 Å². The first-order valence-corrected chi connectivity index (χ1v) is 8.84. The highest BCUT2D eigenvalue weighted by Crippen LogP contribution is 2.38. The van der Waals surface area contributed by atoms with Crippen molar-refractivity contribution in [2.45, 2.75) is 23.5 Å². The lowest BCUT2D eigenvalue weighted by molar-refractivity contribution is -0.186. The number of carbonyl (C=O) groups excluding carboxylic acids is 2. The Labute approximate surface area is 144 Å². The van der Waals surface area contributed by atoms with E-state index in [4.69, 9.17) is 9.47 Å². The second-order valence-electron chi connectivity index (χ2n) is 5.99. The number of hydrogen-bond donors (Lipinski definition) is 1. The second kappa shape index (κ2) is 6.23. The number of carbonyl (C=O) groups is 2. The first kappa shape index (κ1) is 15.7. The van der Waals surface area contributed by atoms with E-state index >= 15 is 0 Å². The van der Waals surface area contributed by atoms with Crippen molar-refractivity contribution in [1.29, 1.82) is 0 Å². The molecular formula is C17H18N2O4S. The minimum Gasteiger partial charge on any atom is -0.347 e. The summed E-state index contributed by atoms with van der Waals surface area (Å²) in [5, 5.41) is 2.82. The Morgan fingerprint density at radius 1 is 1.21 bits per heavy atom. The van der Waals surface area contributed by atoms with Gasteiger partial charge in [0.25, 0.3) is 5.91 Å². The van der Waals surface area contributed by atoms with Crippen LogP contribution in [0.25, 0.3) is 0 Å². The molecule has 2 fully saturated rings. The first-order valence-electron chi connectivity index (χ1n) is 8.02. The zero-order valence-electron chi connectivity index (χ0n) is 13.1. The fraction of sp³-hybridized carbons (Fsp3) is 0.412. The number of rotatable bonds is 1. The van der Waals surface area contributed by atoms with E-state index in [0.29, 0.717) is 44.1 Å². The molecule has 126 valence electrons. The molecule has 2 amide bonds. The Hall–Kier alpha value is -1.83. The largest absolute Gasteiger partial charge is 0.347 e. The number of nitrogens with one attached hydrogen (secondary N) is 1. The van der Waals surface area contributed by atoms with E-state index in [0.717, 1.165) is 10.6 Å². The number of likely N-dealkylation sites (tertiary alicyclic amines) is 1. The Morgan fingerprint density at radius 3 is 2.67 bits per heavy atom. The van der Waals surface area contributed by atoms with Crippen molar-refractivity contribution in [2.24, 2.45) is 0 Å². The molecule has 0 atom stereocenters. The molecule has 3 aliphatic heterocycles. The highest BCUT2D eigenvalue weighted by atomic mass is 32.2. The van der Waals surface area contributed by atoms with E-state index < -0.39 is 5.79 Å². The quantitative estimate of drug-likeness (QED) is 0.788. The molecule has 1 aromatic rings. The lowest BCUT2D eigenvalue weighted by atomic mass is 10.0. The van der Waals surface area contributed by atoms with Crippen molar-refractivity contribution >= 4 is 29.3 Å². The highest BCUT2D eigenvalue weighted by Gasteiger charge is 2.40. The smallest absolute Gasteiger partial charge is 0.262 e. The molecule has 0 aromatic heterocycles. The van der Waals surface area contributed by atoms with Gasteiger partial charge >= 0.3 is 0 Å². The third-order valence-corrected chi connectivity index (χ3v) is 5.58. The van der Waals surface area contributed by atoms with Crippen LogP contribution in [-0.2, 0) is 19.1 Å². The minimum absolute atomic E-state index is 0.139. The maximum Gasteiger partial charge on any atom is 0.262 e. The van der Waals surface area contributed by atoms with Crippen LogP contribution in [0, 0.1) is 0 Å². The summed E-state index contributed by atoms with van der Waals surface area (Å²) in [6.07, 6.45) is 2.78. The molecule has 0 aliphatic carbocycles. The van der Waals surface area contributed by atoms with Crippen LogP contribution in [0.3, 0.4) is 0 Å². The van der Waals surface area contributed by atoms with Crippen molar-refractivity contribution in [3.63, 3.8) is 0 Å². The van der Waals surface area contributed by atoms with Gasteiger partial charge < -0.3 is 19.7 Å². The molecule has 2 saturated heterocycles. The molecule has 24 heavy (non-hydrogen) atoms. The van der Waals surface area contributed by atoms with Gasteiger partial charge in [0.05, 0.1) is 23.8 Å². The van der Waals surface area contributed by atoms with Gasteiger partial charge in [-0.25, -0.2) is 0 Å². The van der Waals surface area contributed by atoms with Gasteiger partial charge in [0, 0.05) is 36.9 Å². The third-order valence-electron chi connectivity index (χ3n) is 4.48. The average molecular weight is 346 g/mol. The van der Waals surface area contributed by atoms with Crippen LogP contribution >= 0.6 is 11.8 Å². The number of para-hydroxylation sites is 1. The summed E-state index contributed by atoms with van der Waals surface area (Å²) < 4.78 is 11.3. The molecule has 3 heterocycles. The number of benzene rings is 1. The van der Waals surface area contributed by atoms with E-state index in [9.17, 15) is 9.59 Å². The highest BCUT2D eigenvalue weighted by molar-refractivity contribution is 8.04. The molecule has 1 N–H and O–H groups in total. The first-order chi connectivity index (χ1) is 11.7. The summed E-state index contributed by atoms with van der Waals surface area (Å²) in [6, 6.07) is 7.56. The summed E-state index contributed by atoms with van der Waals surface area (Å²) in [5.41, 5.74) is 0.785. The van der Waals surface area contributed by atoms with Crippen molar-refractivity contribution < 1.29 is 19.1 Å². The second-order valence-corrected chi connectivity index (χ2v) is 7.08. The van der Waals surface area contributed by atoms with E-state index in [1.54, 1.807) is 4.90 Å². The third kappa shape index (κ3) is 2.94. The average Bonchev–Trinajstić information content (AvgIpc) is 3.04. The molecule has 7 heteroatoms. The van der Waals surface area contributed by atoms with Crippen LogP contribution in [0.2, 0.25) is 0 Å². The standard InChI is InChI=1S/C17H18N2O4S/c20-15(19-7-5-17(6-8-19)22-9-10-23-17)11-14-16(21)18-12-3-1-2-4-13(12)24-14/h1-4,11H,5-10H2,(H,18,21)/b14-11+. The lowest BCUT2D eigenvalue weighted by Crippen LogP contribution is -2.47. The van der Waals surface area contributed by atoms with Gasteiger partial charge in [-0.15, -0.1) is 0 Å². The summed E-state index contributed by atoms with van der Waals surface area (Å²) >= 11 is 1.33. The predicted octanol–water partition coefficient (Wildman–Crippen LogP) is 1.98. The monoisotopic (exact) mass is 346 g/mol. The van der Waals surface area contributed by atoms with E-state index in [1.807, 2.05) is 24.3 Å². The molecular weight excluding hydrogens is 328 g/mol. The number of thioether (sulfide) groups is 1. The van der Waals surface area contributed by atoms with Crippen molar-refractivity contribution in [3.8, 4) is 0 Å². The molecule has 0 saturated carbocycles. The van der Waals surface area contributed by atoms with Crippen molar-refractivity contribution in [1.82, 2.24) is 4.90 Å². The Bertz CT molecular complexity index is 702. The van der Waals surface area contributed by atoms with Crippen LogP contribution in [-0.4, -0.2) is 48.8 Å². The van der Waals surface area contributed by atoms with Gasteiger partial charge in [0.15, 0.2) is 5.79 Å². The van der Waals surface area contributed by atoms with Crippen LogP contribution < -0.4 is 5.32 Å². The molecule has 6 nitrogen and oxygen atoms in total. The summed E-state index contributed by atoms with van der Waals surface area (Å²) in [6.45, 7) is 2.39. The maximum atomic E-state index is 12.5. The fourth-order valence-corrected chi connectivity index (χ4v) is 4.08. The number of amides is 2.